The molecule has 4 heteroatoms. The summed E-state index contributed by atoms with van der Waals surface area (Å²) in [5, 5.41) is 0. The highest BCUT2D eigenvalue weighted by molar-refractivity contribution is 5.94. The van der Waals surface area contributed by atoms with Crippen molar-refractivity contribution in [1.82, 2.24) is 0 Å². The number of benzene rings is 4. The highest BCUT2D eigenvalue weighted by atomic mass is 16.5. The Morgan fingerprint density at radius 2 is 1.18 bits per heavy atom. The molecule has 0 saturated heterocycles. The molecule has 0 spiro atoms. The molecule has 0 unspecified atom stereocenters. The van der Waals surface area contributed by atoms with E-state index in [1.54, 1.807) is 48.5 Å². The van der Waals surface area contributed by atoms with E-state index in [-0.39, 0.29) is 11.2 Å². The summed E-state index contributed by atoms with van der Waals surface area (Å²) in [5.41, 5.74) is 7.35. The first-order chi connectivity index (χ1) is 19.2. The fraction of sp³-hybridized carbons (Fsp3) is 0.278. The Morgan fingerprint density at radius 1 is 0.625 bits per heavy atom. The second kappa shape index (κ2) is 11.5. The van der Waals surface area contributed by atoms with Crippen LogP contribution in [0.15, 0.2) is 84.9 Å². The molecule has 4 nitrogen and oxygen atoms in total. The van der Waals surface area contributed by atoms with E-state index in [9.17, 15) is 9.59 Å². The maximum Gasteiger partial charge on any atom is 0.343 e. The Bertz CT molecular complexity index is 1520. The maximum absolute atomic E-state index is 13.0. The zero-order valence-electron chi connectivity index (χ0n) is 23.8. The van der Waals surface area contributed by atoms with Crippen LogP contribution in [0.5, 0.6) is 17.2 Å². The quantitative estimate of drug-likeness (QED) is 0.135. The molecule has 0 bridgehead atoms. The van der Waals surface area contributed by atoms with Gasteiger partial charge >= 0.3 is 5.97 Å². The Labute approximate surface area is 237 Å². The Morgan fingerprint density at radius 3 is 1.73 bits per heavy atom. The minimum absolute atomic E-state index is 0.00771. The van der Waals surface area contributed by atoms with Gasteiger partial charge in [0.1, 0.15) is 17.2 Å². The molecule has 204 valence electrons. The van der Waals surface area contributed by atoms with E-state index in [0.717, 1.165) is 18.4 Å². The van der Waals surface area contributed by atoms with Gasteiger partial charge in [-0.2, -0.15) is 0 Å². The van der Waals surface area contributed by atoms with Gasteiger partial charge in [0.2, 0.25) is 0 Å². The lowest BCUT2D eigenvalue weighted by atomic mass is 9.65. The lowest BCUT2D eigenvalue weighted by Gasteiger charge is -2.39. The van der Waals surface area contributed by atoms with Crippen molar-refractivity contribution in [2.75, 3.05) is 0 Å². The van der Waals surface area contributed by atoms with Gasteiger partial charge < -0.3 is 9.47 Å². The van der Waals surface area contributed by atoms with Crippen molar-refractivity contribution in [2.24, 2.45) is 0 Å². The SMILES string of the molecule is CC(=O)c1ccc(Oc2ccc(C(=O)Oc3ccc(C4(c5ccc(C)c(C)c5)CCCCC4)cc3C)cc2)cc1. The summed E-state index contributed by atoms with van der Waals surface area (Å²) < 4.78 is 11.7. The second-order valence-electron chi connectivity index (χ2n) is 11.0. The van der Waals surface area contributed by atoms with Crippen molar-refractivity contribution in [2.45, 2.75) is 65.2 Å². The molecule has 0 radical (unpaired) electrons. The predicted molar refractivity (Wildman–Crippen MR) is 159 cm³/mol. The van der Waals surface area contributed by atoms with Crippen LogP contribution in [0, 0.1) is 20.8 Å². The number of hydrogen-bond acceptors (Lipinski definition) is 4. The van der Waals surface area contributed by atoms with E-state index in [0.29, 0.717) is 28.4 Å². The summed E-state index contributed by atoms with van der Waals surface area (Å²) in [6.45, 7) is 7.89. The Kier molecular flexibility index (Phi) is 7.88. The topological polar surface area (TPSA) is 52.6 Å². The number of carbonyl (C=O) groups is 2. The monoisotopic (exact) mass is 532 g/mol. The van der Waals surface area contributed by atoms with Gasteiger partial charge in [0, 0.05) is 11.0 Å². The predicted octanol–water partition coefficient (Wildman–Crippen LogP) is 9.08. The first kappa shape index (κ1) is 27.4. The van der Waals surface area contributed by atoms with Crippen LogP contribution in [0.3, 0.4) is 0 Å². The number of carbonyl (C=O) groups excluding carboxylic acids is 2. The van der Waals surface area contributed by atoms with Gasteiger partial charge in [-0.3, -0.25) is 4.79 Å². The molecule has 1 saturated carbocycles. The molecule has 4 aromatic rings. The van der Waals surface area contributed by atoms with Crippen molar-refractivity contribution >= 4 is 11.8 Å². The standard InChI is InChI=1S/C36H36O4/c1-24-8-13-30(22-25(24)2)36(20-6-5-7-21-36)31-14-19-34(26(3)23-31)40-35(38)29-11-17-33(18-12-29)39-32-15-9-28(10-16-32)27(4)37/h8-19,22-23H,5-7,20-21H2,1-4H3. The molecule has 0 heterocycles. The van der Waals surface area contributed by atoms with Gasteiger partial charge in [0.05, 0.1) is 5.56 Å². The molecule has 0 atom stereocenters. The molecule has 0 N–H and O–H groups in total. The van der Waals surface area contributed by atoms with E-state index in [4.69, 9.17) is 9.47 Å². The molecule has 40 heavy (non-hydrogen) atoms. The maximum atomic E-state index is 13.0. The largest absolute Gasteiger partial charge is 0.457 e. The third-order valence-corrected chi connectivity index (χ3v) is 8.28. The van der Waals surface area contributed by atoms with Gasteiger partial charge in [0.15, 0.2) is 5.78 Å². The van der Waals surface area contributed by atoms with Crippen LogP contribution in [-0.2, 0) is 5.41 Å². The van der Waals surface area contributed by atoms with E-state index in [1.165, 1.54) is 48.4 Å². The van der Waals surface area contributed by atoms with E-state index in [1.807, 2.05) is 13.0 Å². The Balaban J connectivity index is 1.31. The van der Waals surface area contributed by atoms with Crippen LogP contribution in [0.1, 0.15) is 87.6 Å². The summed E-state index contributed by atoms with van der Waals surface area (Å²) >= 11 is 0. The summed E-state index contributed by atoms with van der Waals surface area (Å²) in [6, 6.07) is 27.0. The van der Waals surface area contributed by atoms with Gasteiger partial charge in [-0.1, -0.05) is 49.6 Å². The van der Waals surface area contributed by atoms with Crippen molar-refractivity contribution in [3.8, 4) is 17.2 Å². The van der Waals surface area contributed by atoms with Crippen LogP contribution in [0.2, 0.25) is 0 Å². The smallest absolute Gasteiger partial charge is 0.343 e. The van der Waals surface area contributed by atoms with Crippen molar-refractivity contribution < 1.29 is 19.1 Å². The van der Waals surface area contributed by atoms with Crippen LogP contribution in [0.4, 0.5) is 0 Å². The number of ketones is 1. The average molecular weight is 533 g/mol. The molecular formula is C36H36O4. The van der Waals surface area contributed by atoms with Gasteiger partial charge in [-0.05, 0) is 123 Å². The molecule has 4 aromatic carbocycles. The fourth-order valence-corrected chi connectivity index (χ4v) is 5.71. The van der Waals surface area contributed by atoms with E-state index in [2.05, 4.69) is 44.2 Å². The number of rotatable bonds is 7. The Hall–Kier alpha value is -4.18. The van der Waals surface area contributed by atoms with Crippen LogP contribution in [0.25, 0.3) is 0 Å². The molecule has 1 aliphatic rings. The van der Waals surface area contributed by atoms with Gasteiger partial charge in [-0.25, -0.2) is 4.79 Å². The van der Waals surface area contributed by atoms with E-state index < -0.39 is 5.97 Å². The average Bonchev–Trinajstić information content (AvgIpc) is 2.96. The summed E-state index contributed by atoms with van der Waals surface area (Å²) in [6.07, 6.45) is 5.96. The molecule has 5 rings (SSSR count). The number of Topliss-reactive ketones (excluding diaryl/α,β-unsaturated/α-hetero) is 1. The van der Waals surface area contributed by atoms with Gasteiger partial charge in [-0.15, -0.1) is 0 Å². The molecule has 0 amide bonds. The molecule has 0 aromatic heterocycles. The molecule has 1 aliphatic carbocycles. The first-order valence-corrected chi connectivity index (χ1v) is 14.1. The second-order valence-corrected chi connectivity index (χ2v) is 11.0. The fourth-order valence-electron chi connectivity index (χ4n) is 5.71. The van der Waals surface area contributed by atoms with Crippen molar-refractivity contribution in [3.05, 3.63) is 124 Å². The van der Waals surface area contributed by atoms with Crippen molar-refractivity contribution in [3.63, 3.8) is 0 Å². The van der Waals surface area contributed by atoms with E-state index >= 15 is 0 Å². The molecule has 1 fully saturated rings. The van der Waals surface area contributed by atoms with Gasteiger partial charge in [0.25, 0.3) is 0 Å². The highest BCUT2D eigenvalue weighted by Gasteiger charge is 2.36. The first-order valence-electron chi connectivity index (χ1n) is 14.1. The third kappa shape index (κ3) is 5.72. The zero-order chi connectivity index (χ0) is 28.3. The third-order valence-electron chi connectivity index (χ3n) is 8.28. The number of aryl methyl sites for hydroxylation is 3. The summed E-state index contributed by atoms with van der Waals surface area (Å²) in [4.78, 5) is 24.4. The zero-order valence-corrected chi connectivity index (χ0v) is 23.8. The number of hydrogen-bond donors (Lipinski definition) is 0. The molecular weight excluding hydrogens is 496 g/mol. The summed E-state index contributed by atoms with van der Waals surface area (Å²) in [5.74, 6) is 1.39. The van der Waals surface area contributed by atoms with Crippen LogP contribution in [-0.4, -0.2) is 11.8 Å². The number of esters is 1. The highest BCUT2D eigenvalue weighted by Crippen LogP contribution is 2.46. The summed E-state index contributed by atoms with van der Waals surface area (Å²) in [7, 11) is 0. The minimum Gasteiger partial charge on any atom is -0.457 e. The molecule has 0 aliphatic heterocycles. The minimum atomic E-state index is -0.408. The lowest BCUT2D eigenvalue weighted by molar-refractivity contribution is 0.0733. The normalized spacial score (nSPS) is 14.4. The van der Waals surface area contributed by atoms with Crippen LogP contribution >= 0.6 is 0 Å². The number of ether oxygens (including phenoxy) is 2. The lowest BCUT2D eigenvalue weighted by Crippen LogP contribution is -2.30. The van der Waals surface area contributed by atoms with Crippen LogP contribution < -0.4 is 9.47 Å². The van der Waals surface area contributed by atoms with Crippen molar-refractivity contribution in [1.29, 1.82) is 0 Å².